The quantitative estimate of drug-likeness (QED) is 0.596. The summed E-state index contributed by atoms with van der Waals surface area (Å²) in [4.78, 5) is 0. The summed E-state index contributed by atoms with van der Waals surface area (Å²) < 4.78 is 25.0. The van der Waals surface area contributed by atoms with Gasteiger partial charge in [-0.05, 0) is 12.3 Å². The van der Waals surface area contributed by atoms with Crippen molar-refractivity contribution in [1.82, 2.24) is 0 Å². The van der Waals surface area contributed by atoms with Gasteiger partial charge in [0.1, 0.15) is 0 Å². The normalized spacial score (nSPS) is 28.5. The largest absolute Gasteiger partial charge is 0.251 e. The van der Waals surface area contributed by atoms with E-state index >= 15 is 0 Å². The molecule has 0 bridgehead atoms. The van der Waals surface area contributed by atoms with Crippen molar-refractivity contribution in [1.29, 1.82) is 0 Å². The van der Waals surface area contributed by atoms with Crippen molar-refractivity contribution in [3.8, 4) is 0 Å². The standard InChI is InChI=1S/C10H18F2/c1-3-4-5-8(2)6-9-7-10(9,11)12/h8-9H,3-7H2,1-2H3. The van der Waals surface area contributed by atoms with Crippen LogP contribution in [0.5, 0.6) is 0 Å². The van der Waals surface area contributed by atoms with Crippen molar-refractivity contribution in [3.63, 3.8) is 0 Å². The van der Waals surface area contributed by atoms with Crippen molar-refractivity contribution < 1.29 is 8.78 Å². The minimum atomic E-state index is -2.31. The predicted molar refractivity (Wildman–Crippen MR) is 46.4 cm³/mol. The molecule has 2 heteroatoms. The molecular weight excluding hydrogens is 158 g/mol. The first-order chi connectivity index (χ1) is 5.56. The summed E-state index contributed by atoms with van der Waals surface area (Å²) in [5, 5.41) is 0. The van der Waals surface area contributed by atoms with Crippen LogP contribution >= 0.6 is 0 Å². The zero-order chi connectivity index (χ0) is 9.19. The van der Waals surface area contributed by atoms with Crippen molar-refractivity contribution in [3.05, 3.63) is 0 Å². The lowest BCUT2D eigenvalue weighted by Crippen LogP contribution is -2.01. The van der Waals surface area contributed by atoms with Crippen molar-refractivity contribution in [2.24, 2.45) is 11.8 Å². The van der Waals surface area contributed by atoms with Crippen LogP contribution in [0.4, 0.5) is 8.78 Å². The van der Waals surface area contributed by atoms with E-state index in [4.69, 9.17) is 0 Å². The number of rotatable bonds is 5. The Hall–Kier alpha value is -0.140. The Balaban J connectivity index is 2.07. The maximum absolute atomic E-state index is 12.5. The van der Waals surface area contributed by atoms with Gasteiger partial charge in [-0.2, -0.15) is 0 Å². The molecule has 0 aromatic rings. The Labute approximate surface area is 73.3 Å². The van der Waals surface area contributed by atoms with E-state index in [1.165, 1.54) is 12.8 Å². The molecule has 1 aliphatic carbocycles. The third-order valence-electron chi connectivity index (χ3n) is 2.69. The smallest absolute Gasteiger partial charge is 0.207 e. The minimum Gasteiger partial charge on any atom is -0.207 e. The fourth-order valence-corrected chi connectivity index (χ4v) is 1.68. The number of hydrogen-bond acceptors (Lipinski definition) is 0. The number of alkyl halides is 2. The van der Waals surface area contributed by atoms with E-state index in [9.17, 15) is 8.78 Å². The molecule has 0 saturated heterocycles. The van der Waals surface area contributed by atoms with E-state index in [2.05, 4.69) is 13.8 Å². The number of unbranched alkanes of at least 4 members (excludes halogenated alkanes) is 1. The third-order valence-corrected chi connectivity index (χ3v) is 2.69. The molecule has 12 heavy (non-hydrogen) atoms. The molecule has 0 aliphatic heterocycles. The maximum Gasteiger partial charge on any atom is 0.251 e. The summed E-state index contributed by atoms with van der Waals surface area (Å²) in [5.41, 5.74) is 0. The van der Waals surface area contributed by atoms with Crippen LogP contribution in [0, 0.1) is 11.8 Å². The van der Waals surface area contributed by atoms with Crippen LogP contribution in [-0.2, 0) is 0 Å². The Morgan fingerprint density at radius 3 is 2.50 bits per heavy atom. The molecule has 0 spiro atoms. The van der Waals surface area contributed by atoms with E-state index in [0.29, 0.717) is 5.92 Å². The van der Waals surface area contributed by atoms with Crippen LogP contribution in [0.2, 0.25) is 0 Å². The maximum atomic E-state index is 12.5. The van der Waals surface area contributed by atoms with E-state index in [1.807, 2.05) is 0 Å². The first-order valence-corrected chi connectivity index (χ1v) is 4.94. The van der Waals surface area contributed by atoms with Gasteiger partial charge in [0, 0.05) is 12.3 Å². The molecule has 1 fully saturated rings. The van der Waals surface area contributed by atoms with Crippen LogP contribution in [0.25, 0.3) is 0 Å². The lowest BCUT2D eigenvalue weighted by Gasteiger charge is -2.09. The Bertz CT molecular complexity index is 143. The molecule has 2 atom stereocenters. The van der Waals surface area contributed by atoms with Crippen LogP contribution in [0.1, 0.15) is 46.0 Å². The first kappa shape index (κ1) is 9.94. The van der Waals surface area contributed by atoms with Gasteiger partial charge in [0.2, 0.25) is 0 Å². The highest BCUT2D eigenvalue weighted by Gasteiger charge is 2.56. The topological polar surface area (TPSA) is 0 Å². The van der Waals surface area contributed by atoms with Gasteiger partial charge in [-0.3, -0.25) is 0 Å². The highest BCUT2D eigenvalue weighted by Crippen LogP contribution is 2.52. The van der Waals surface area contributed by atoms with Gasteiger partial charge in [-0.25, -0.2) is 8.78 Å². The molecular formula is C10H18F2. The monoisotopic (exact) mass is 176 g/mol. The second-order valence-corrected chi connectivity index (χ2v) is 4.15. The van der Waals surface area contributed by atoms with Crippen LogP contribution in [0.3, 0.4) is 0 Å². The van der Waals surface area contributed by atoms with Crippen LogP contribution in [-0.4, -0.2) is 5.92 Å². The Kier molecular flexibility index (Phi) is 3.08. The number of hydrogen-bond donors (Lipinski definition) is 0. The fourth-order valence-electron chi connectivity index (χ4n) is 1.68. The summed E-state index contributed by atoms with van der Waals surface area (Å²) in [6.45, 7) is 4.22. The van der Waals surface area contributed by atoms with Gasteiger partial charge < -0.3 is 0 Å². The highest BCUT2D eigenvalue weighted by molar-refractivity contribution is 4.95. The first-order valence-electron chi connectivity index (χ1n) is 4.94. The molecule has 2 unspecified atom stereocenters. The van der Waals surface area contributed by atoms with Crippen LogP contribution < -0.4 is 0 Å². The second kappa shape index (κ2) is 3.71. The molecule has 0 aromatic carbocycles. The summed E-state index contributed by atoms with van der Waals surface area (Å²) in [6, 6.07) is 0. The summed E-state index contributed by atoms with van der Waals surface area (Å²) in [7, 11) is 0. The number of halogens is 2. The van der Waals surface area contributed by atoms with Crippen molar-refractivity contribution in [2.45, 2.75) is 51.9 Å². The lowest BCUT2D eigenvalue weighted by atomic mass is 9.98. The van der Waals surface area contributed by atoms with Crippen molar-refractivity contribution in [2.75, 3.05) is 0 Å². The molecule has 1 rings (SSSR count). The SMILES string of the molecule is CCCCC(C)CC1CC1(F)F. The molecule has 72 valence electrons. The van der Waals surface area contributed by atoms with Gasteiger partial charge in [0.05, 0.1) is 0 Å². The highest BCUT2D eigenvalue weighted by atomic mass is 19.3. The third kappa shape index (κ3) is 2.72. The van der Waals surface area contributed by atoms with Crippen LogP contribution in [0.15, 0.2) is 0 Å². The lowest BCUT2D eigenvalue weighted by molar-refractivity contribution is 0.0931. The zero-order valence-electron chi connectivity index (χ0n) is 7.95. The van der Waals surface area contributed by atoms with Crippen molar-refractivity contribution >= 4 is 0 Å². The van der Waals surface area contributed by atoms with E-state index in [0.717, 1.165) is 12.8 Å². The van der Waals surface area contributed by atoms with Gasteiger partial charge in [0.25, 0.3) is 5.92 Å². The predicted octanol–water partition coefficient (Wildman–Crippen LogP) is 3.86. The van der Waals surface area contributed by atoms with Gasteiger partial charge in [0.15, 0.2) is 0 Å². The fraction of sp³-hybridized carbons (Fsp3) is 1.00. The molecule has 1 aliphatic rings. The molecule has 0 nitrogen and oxygen atoms in total. The molecule has 0 N–H and O–H groups in total. The molecule has 0 aromatic heterocycles. The average Bonchev–Trinajstić information content (AvgIpc) is 2.54. The Morgan fingerprint density at radius 1 is 1.50 bits per heavy atom. The minimum absolute atomic E-state index is 0.142. The molecule has 1 saturated carbocycles. The second-order valence-electron chi connectivity index (χ2n) is 4.15. The summed E-state index contributed by atoms with van der Waals surface area (Å²) in [5.74, 6) is -2.10. The summed E-state index contributed by atoms with van der Waals surface area (Å²) >= 11 is 0. The Morgan fingerprint density at radius 2 is 2.08 bits per heavy atom. The molecule has 0 radical (unpaired) electrons. The molecule has 0 heterocycles. The van der Waals surface area contributed by atoms with E-state index in [-0.39, 0.29) is 12.3 Å². The zero-order valence-corrected chi connectivity index (χ0v) is 7.95. The van der Waals surface area contributed by atoms with E-state index in [1.54, 1.807) is 0 Å². The van der Waals surface area contributed by atoms with E-state index < -0.39 is 5.92 Å². The van der Waals surface area contributed by atoms with Gasteiger partial charge in [-0.1, -0.05) is 33.1 Å². The molecule has 0 amide bonds. The van der Waals surface area contributed by atoms with Gasteiger partial charge in [-0.15, -0.1) is 0 Å². The average molecular weight is 176 g/mol. The van der Waals surface area contributed by atoms with Gasteiger partial charge >= 0.3 is 0 Å². The summed E-state index contributed by atoms with van der Waals surface area (Å²) in [6.07, 6.45) is 4.34.